The summed E-state index contributed by atoms with van der Waals surface area (Å²) in [5, 5.41) is 17.7. The molecule has 1 N–H and O–H groups in total. The molecule has 5 nitrogen and oxygen atoms in total. The lowest BCUT2D eigenvalue weighted by Crippen LogP contribution is -2.32. The van der Waals surface area contributed by atoms with Gasteiger partial charge in [-0.1, -0.05) is 17.3 Å². The van der Waals surface area contributed by atoms with Crippen molar-refractivity contribution in [2.45, 2.75) is 25.3 Å². The first-order valence-corrected chi connectivity index (χ1v) is 8.96. The Labute approximate surface area is 155 Å². The molecule has 0 unspecified atom stereocenters. The van der Waals surface area contributed by atoms with Crippen molar-refractivity contribution in [2.75, 3.05) is 13.1 Å². The average molecular weight is 370 g/mol. The predicted molar refractivity (Wildman–Crippen MR) is 96.6 cm³/mol. The average Bonchev–Trinajstić information content (AvgIpc) is 3.12. The number of aromatic nitrogens is 3. The van der Waals surface area contributed by atoms with Crippen LogP contribution in [-0.4, -0.2) is 38.1 Å². The fourth-order valence-electron chi connectivity index (χ4n) is 3.58. The first-order chi connectivity index (χ1) is 13.1. The highest BCUT2D eigenvalue weighted by atomic mass is 19.1. The minimum atomic E-state index is -0.542. The van der Waals surface area contributed by atoms with Crippen LogP contribution in [0, 0.1) is 11.6 Å². The Morgan fingerprint density at radius 1 is 1.07 bits per heavy atom. The summed E-state index contributed by atoms with van der Waals surface area (Å²) in [5.41, 5.74) is 1.94. The molecular weight excluding hydrogens is 350 g/mol. The predicted octanol–water partition coefficient (Wildman–Crippen LogP) is 3.63. The molecule has 0 radical (unpaired) electrons. The largest absolute Gasteiger partial charge is 0.508 e. The van der Waals surface area contributed by atoms with E-state index in [9.17, 15) is 13.9 Å². The van der Waals surface area contributed by atoms with E-state index in [-0.39, 0.29) is 5.69 Å². The van der Waals surface area contributed by atoms with Crippen LogP contribution in [-0.2, 0) is 6.54 Å². The van der Waals surface area contributed by atoms with Gasteiger partial charge in [-0.2, -0.15) is 0 Å². The van der Waals surface area contributed by atoms with Crippen LogP contribution in [0.5, 0.6) is 5.75 Å². The topological polar surface area (TPSA) is 54.2 Å². The van der Waals surface area contributed by atoms with Crippen molar-refractivity contribution >= 4 is 0 Å². The SMILES string of the molecule is Oc1cccc(C2CCN(Cc3cn(-c4cc(F)ccc4F)nn3)CC2)c1. The summed E-state index contributed by atoms with van der Waals surface area (Å²) >= 11 is 0. The van der Waals surface area contributed by atoms with Gasteiger partial charge in [0.05, 0.1) is 11.9 Å². The number of rotatable bonds is 4. The van der Waals surface area contributed by atoms with Crippen LogP contribution in [0.25, 0.3) is 5.69 Å². The number of hydrogen-bond acceptors (Lipinski definition) is 4. The highest BCUT2D eigenvalue weighted by molar-refractivity contribution is 5.33. The van der Waals surface area contributed by atoms with Crippen molar-refractivity contribution in [1.29, 1.82) is 0 Å². The van der Waals surface area contributed by atoms with Crippen molar-refractivity contribution in [2.24, 2.45) is 0 Å². The number of halogens is 2. The monoisotopic (exact) mass is 370 g/mol. The van der Waals surface area contributed by atoms with E-state index in [0.29, 0.717) is 18.2 Å². The third-order valence-corrected chi connectivity index (χ3v) is 5.01. The van der Waals surface area contributed by atoms with Gasteiger partial charge in [0.15, 0.2) is 0 Å². The molecule has 1 aromatic heterocycles. The molecule has 4 rings (SSSR count). The highest BCUT2D eigenvalue weighted by Gasteiger charge is 2.22. The molecule has 0 saturated carbocycles. The summed E-state index contributed by atoms with van der Waals surface area (Å²) in [6, 6.07) is 10.7. The lowest BCUT2D eigenvalue weighted by Gasteiger charge is -2.31. The van der Waals surface area contributed by atoms with Crippen molar-refractivity contribution in [1.82, 2.24) is 19.9 Å². The zero-order valence-electron chi connectivity index (χ0n) is 14.7. The van der Waals surface area contributed by atoms with Crippen molar-refractivity contribution in [3.05, 3.63) is 71.6 Å². The molecule has 1 aliphatic heterocycles. The van der Waals surface area contributed by atoms with E-state index in [4.69, 9.17) is 0 Å². The molecule has 1 saturated heterocycles. The van der Waals surface area contributed by atoms with Crippen LogP contribution in [0.3, 0.4) is 0 Å². The molecule has 0 atom stereocenters. The van der Waals surface area contributed by atoms with E-state index >= 15 is 0 Å². The van der Waals surface area contributed by atoms with Crippen molar-refractivity contribution in [3.63, 3.8) is 0 Å². The van der Waals surface area contributed by atoms with Gasteiger partial charge in [0.25, 0.3) is 0 Å². The second kappa shape index (κ2) is 7.44. The number of piperidine rings is 1. The van der Waals surface area contributed by atoms with Crippen LogP contribution in [0.2, 0.25) is 0 Å². The summed E-state index contributed by atoms with van der Waals surface area (Å²) in [4.78, 5) is 2.27. The minimum Gasteiger partial charge on any atom is -0.508 e. The van der Waals surface area contributed by atoms with Gasteiger partial charge in [-0.3, -0.25) is 4.90 Å². The lowest BCUT2D eigenvalue weighted by atomic mass is 9.89. The zero-order chi connectivity index (χ0) is 18.8. The number of nitrogens with zero attached hydrogens (tertiary/aromatic N) is 4. The lowest BCUT2D eigenvalue weighted by molar-refractivity contribution is 0.202. The molecule has 1 fully saturated rings. The van der Waals surface area contributed by atoms with Gasteiger partial charge in [-0.25, -0.2) is 13.5 Å². The quantitative estimate of drug-likeness (QED) is 0.762. The smallest absolute Gasteiger partial charge is 0.149 e. The second-order valence-corrected chi connectivity index (χ2v) is 6.90. The number of phenolic OH excluding ortho intramolecular Hbond substituents is 1. The third-order valence-electron chi connectivity index (χ3n) is 5.01. The molecule has 140 valence electrons. The van der Waals surface area contributed by atoms with Gasteiger partial charge in [-0.05, 0) is 61.7 Å². The molecular formula is C20H20F2N4O. The van der Waals surface area contributed by atoms with E-state index in [0.717, 1.165) is 49.8 Å². The van der Waals surface area contributed by atoms with E-state index in [1.807, 2.05) is 12.1 Å². The number of benzene rings is 2. The summed E-state index contributed by atoms with van der Waals surface area (Å²) in [6.45, 7) is 2.42. The Hall–Kier alpha value is -2.80. The standard InChI is InChI=1S/C20H20F2N4O/c21-16-4-5-19(22)20(11-16)26-13-17(23-24-26)12-25-8-6-14(7-9-25)15-2-1-3-18(27)10-15/h1-5,10-11,13-14,27H,6-9,12H2. The molecule has 2 aromatic carbocycles. The van der Waals surface area contributed by atoms with Gasteiger partial charge >= 0.3 is 0 Å². The van der Waals surface area contributed by atoms with Crippen LogP contribution in [0.15, 0.2) is 48.7 Å². The Kier molecular flexibility index (Phi) is 4.85. The molecule has 1 aliphatic rings. The van der Waals surface area contributed by atoms with Gasteiger partial charge in [0.2, 0.25) is 0 Å². The number of phenols is 1. The zero-order valence-corrected chi connectivity index (χ0v) is 14.7. The molecule has 27 heavy (non-hydrogen) atoms. The van der Waals surface area contributed by atoms with Crippen LogP contribution in [0.1, 0.15) is 30.0 Å². The first kappa shape index (κ1) is 17.6. The molecule has 0 bridgehead atoms. The number of hydrogen-bond donors (Lipinski definition) is 1. The Bertz CT molecular complexity index is 935. The van der Waals surface area contributed by atoms with Crippen molar-refractivity contribution in [3.8, 4) is 11.4 Å². The van der Waals surface area contributed by atoms with Crippen LogP contribution in [0.4, 0.5) is 8.78 Å². The van der Waals surface area contributed by atoms with Crippen LogP contribution >= 0.6 is 0 Å². The van der Waals surface area contributed by atoms with E-state index in [2.05, 4.69) is 21.3 Å². The fourth-order valence-corrected chi connectivity index (χ4v) is 3.58. The fraction of sp³-hybridized carbons (Fsp3) is 0.300. The maximum Gasteiger partial charge on any atom is 0.149 e. The minimum absolute atomic E-state index is 0.0522. The first-order valence-electron chi connectivity index (χ1n) is 8.96. The Morgan fingerprint density at radius 2 is 1.89 bits per heavy atom. The number of likely N-dealkylation sites (tertiary alicyclic amines) is 1. The van der Waals surface area contributed by atoms with E-state index < -0.39 is 11.6 Å². The van der Waals surface area contributed by atoms with Gasteiger partial charge in [0, 0.05) is 12.6 Å². The summed E-state index contributed by atoms with van der Waals surface area (Å²) in [6.07, 6.45) is 3.63. The summed E-state index contributed by atoms with van der Waals surface area (Å²) in [5.74, 6) is -0.321. The summed E-state index contributed by atoms with van der Waals surface area (Å²) < 4.78 is 28.5. The maximum atomic E-state index is 13.9. The molecule has 0 aliphatic carbocycles. The second-order valence-electron chi connectivity index (χ2n) is 6.90. The number of aromatic hydroxyl groups is 1. The molecule has 3 aromatic rings. The van der Waals surface area contributed by atoms with Crippen molar-refractivity contribution < 1.29 is 13.9 Å². The van der Waals surface area contributed by atoms with Gasteiger partial charge in [0.1, 0.15) is 23.1 Å². The Morgan fingerprint density at radius 3 is 2.67 bits per heavy atom. The van der Waals surface area contributed by atoms with Crippen LogP contribution < -0.4 is 0 Å². The maximum absolute atomic E-state index is 13.9. The summed E-state index contributed by atoms with van der Waals surface area (Å²) in [7, 11) is 0. The Balaban J connectivity index is 1.38. The van der Waals surface area contributed by atoms with Gasteiger partial charge < -0.3 is 5.11 Å². The van der Waals surface area contributed by atoms with E-state index in [1.54, 1.807) is 12.3 Å². The molecule has 2 heterocycles. The van der Waals surface area contributed by atoms with E-state index in [1.165, 1.54) is 10.2 Å². The molecule has 0 amide bonds. The molecule has 7 heteroatoms. The highest BCUT2D eigenvalue weighted by Crippen LogP contribution is 2.30. The third kappa shape index (κ3) is 3.98. The van der Waals surface area contributed by atoms with Gasteiger partial charge in [-0.15, -0.1) is 5.10 Å². The normalized spacial score (nSPS) is 15.9. The molecule has 0 spiro atoms.